The Bertz CT molecular complexity index is 934. The van der Waals surface area contributed by atoms with Crippen molar-refractivity contribution in [3.63, 3.8) is 0 Å². The highest BCUT2D eigenvalue weighted by atomic mass is 15.3. The van der Waals surface area contributed by atoms with Gasteiger partial charge in [-0.05, 0) is 82.7 Å². The van der Waals surface area contributed by atoms with Gasteiger partial charge < -0.3 is 4.90 Å². The van der Waals surface area contributed by atoms with Gasteiger partial charge in [0, 0.05) is 17.7 Å². The molecule has 4 aliphatic carbocycles. The lowest BCUT2D eigenvalue weighted by molar-refractivity contribution is 0.220. The molecule has 2 atom stereocenters. The fourth-order valence-electron chi connectivity index (χ4n) is 7.26. The number of rotatable bonds is 5. The van der Waals surface area contributed by atoms with Gasteiger partial charge >= 0.3 is 0 Å². The van der Waals surface area contributed by atoms with Crippen LogP contribution in [0.2, 0.25) is 0 Å². The van der Waals surface area contributed by atoms with E-state index in [1.165, 1.54) is 76.6 Å². The van der Waals surface area contributed by atoms with Gasteiger partial charge in [-0.15, -0.1) is 0 Å². The molecule has 7 rings (SSSR count). The van der Waals surface area contributed by atoms with Crippen LogP contribution in [-0.4, -0.2) is 50.0 Å². The molecule has 30 heavy (non-hydrogen) atoms. The standard InChI is InChI=1S/C24H34N6/c1-17(24-12-18-10-19(13-24)20(11-18)14-24)28-22-21-15-27-30(23(21)26-16-25-22)9-8-29-6-4-2-3-5-7-29/h15-16,18-20H,2-14H2,1H3. The highest BCUT2D eigenvalue weighted by Crippen LogP contribution is 2.64. The Morgan fingerprint density at radius 1 is 1.03 bits per heavy atom. The number of aromatic nitrogens is 4. The molecule has 0 radical (unpaired) electrons. The predicted octanol–water partition coefficient (Wildman–Crippen LogP) is 4.62. The lowest BCUT2D eigenvalue weighted by Gasteiger charge is -2.38. The van der Waals surface area contributed by atoms with Gasteiger partial charge in [0.05, 0.1) is 18.1 Å². The van der Waals surface area contributed by atoms with Gasteiger partial charge in [0.25, 0.3) is 0 Å². The zero-order valence-corrected chi connectivity index (χ0v) is 18.3. The minimum Gasteiger partial charge on any atom is -0.301 e. The Morgan fingerprint density at radius 2 is 1.80 bits per heavy atom. The topological polar surface area (TPSA) is 59.2 Å². The summed E-state index contributed by atoms with van der Waals surface area (Å²) in [5.41, 5.74) is 2.58. The van der Waals surface area contributed by atoms with Crippen LogP contribution in [-0.2, 0) is 6.54 Å². The van der Waals surface area contributed by atoms with E-state index in [0.29, 0.717) is 5.41 Å². The second-order valence-electron chi connectivity index (χ2n) is 10.5. The molecule has 5 aliphatic rings. The van der Waals surface area contributed by atoms with E-state index in [1.54, 1.807) is 6.33 Å². The zero-order chi connectivity index (χ0) is 20.1. The molecular formula is C24H34N6. The molecule has 4 bridgehead atoms. The predicted molar refractivity (Wildman–Crippen MR) is 119 cm³/mol. The van der Waals surface area contributed by atoms with Gasteiger partial charge in [0.15, 0.2) is 11.5 Å². The summed E-state index contributed by atoms with van der Waals surface area (Å²) >= 11 is 0. The molecule has 5 fully saturated rings. The number of likely N-dealkylation sites (tertiary alicyclic amines) is 1. The summed E-state index contributed by atoms with van der Waals surface area (Å²) in [5.74, 6) is 3.68. The SMILES string of the molecule is CC(=Nc1ncnc2c1cnn2CCN1CCCCCC1)C12CC3CC(C1)C(C3)C2. The van der Waals surface area contributed by atoms with Crippen molar-refractivity contribution >= 4 is 22.6 Å². The summed E-state index contributed by atoms with van der Waals surface area (Å²) in [5, 5.41) is 5.67. The lowest BCUT2D eigenvalue weighted by Crippen LogP contribution is -2.33. The molecule has 2 unspecified atom stereocenters. The molecule has 6 heteroatoms. The van der Waals surface area contributed by atoms with Crippen molar-refractivity contribution in [3.05, 3.63) is 12.5 Å². The largest absolute Gasteiger partial charge is 0.301 e. The van der Waals surface area contributed by atoms with E-state index >= 15 is 0 Å². The van der Waals surface area contributed by atoms with Crippen LogP contribution >= 0.6 is 0 Å². The van der Waals surface area contributed by atoms with E-state index in [9.17, 15) is 0 Å². The first-order valence-corrected chi connectivity index (χ1v) is 12.1. The number of hydrogen-bond acceptors (Lipinski definition) is 5. The monoisotopic (exact) mass is 406 g/mol. The van der Waals surface area contributed by atoms with Crippen LogP contribution in [0, 0.1) is 23.2 Å². The second kappa shape index (κ2) is 7.40. The third-order valence-electron chi connectivity index (χ3n) is 8.70. The Balaban J connectivity index is 1.23. The first-order valence-electron chi connectivity index (χ1n) is 12.1. The van der Waals surface area contributed by atoms with Crippen LogP contribution in [0.25, 0.3) is 11.0 Å². The fraction of sp³-hybridized carbons (Fsp3) is 0.750. The quantitative estimate of drug-likeness (QED) is 0.680. The first kappa shape index (κ1) is 18.9. The maximum Gasteiger partial charge on any atom is 0.166 e. The summed E-state index contributed by atoms with van der Waals surface area (Å²) < 4.78 is 2.05. The zero-order valence-electron chi connectivity index (χ0n) is 18.3. The Hall–Kier alpha value is -1.82. The summed E-state index contributed by atoms with van der Waals surface area (Å²) in [6, 6.07) is 0. The number of nitrogens with zero attached hydrogens (tertiary/aromatic N) is 6. The molecule has 1 saturated heterocycles. The van der Waals surface area contributed by atoms with E-state index in [1.807, 2.05) is 6.20 Å². The highest BCUT2D eigenvalue weighted by Gasteiger charge is 2.56. The summed E-state index contributed by atoms with van der Waals surface area (Å²) in [4.78, 5) is 16.8. The Kier molecular flexibility index (Phi) is 4.66. The van der Waals surface area contributed by atoms with Gasteiger partial charge in [0.2, 0.25) is 0 Å². The molecule has 0 N–H and O–H groups in total. The van der Waals surface area contributed by atoms with Crippen molar-refractivity contribution in [3.8, 4) is 0 Å². The van der Waals surface area contributed by atoms with Crippen molar-refractivity contribution in [2.24, 2.45) is 28.2 Å². The third kappa shape index (κ3) is 3.19. The van der Waals surface area contributed by atoms with E-state index in [2.05, 4.69) is 31.6 Å². The minimum atomic E-state index is 0.344. The van der Waals surface area contributed by atoms with Crippen LogP contribution in [0.15, 0.2) is 17.5 Å². The number of hydrogen-bond donors (Lipinski definition) is 0. The summed E-state index contributed by atoms with van der Waals surface area (Å²) in [7, 11) is 0. The van der Waals surface area contributed by atoms with Crippen molar-refractivity contribution < 1.29 is 0 Å². The van der Waals surface area contributed by atoms with Crippen molar-refractivity contribution in [2.45, 2.75) is 71.3 Å². The van der Waals surface area contributed by atoms with E-state index in [-0.39, 0.29) is 0 Å². The smallest absolute Gasteiger partial charge is 0.166 e. The summed E-state index contributed by atoms with van der Waals surface area (Å²) in [6.45, 7) is 6.62. The Labute approximate surface area is 179 Å². The second-order valence-corrected chi connectivity index (χ2v) is 10.5. The van der Waals surface area contributed by atoms with Crippen LogP contribution in [0.1, 0.15) is 64.7 Å². The maximum atomic E-state index is 5.11. The summed E-state index contributed by atoms with van der Waals surface area (Å²) in [6.07, 6.45) is 16.0. The van der Waals surface area contributed by atoms with Crippen LogP contribution in [0.5, 0.6) is 0 Å². The van der Waals surface area contributed by atoms with Gasteiger partial charge in [-0.1, -0.05) is 12.8 Å². The van der Waals surface area contributed by atoms with E-state index in [0.717, 1.165) is 47.7 Å². The number of fused-ring (bicyclic) bond motifs is 1. The molecule has 4 saturated carbocycles. The molecule has 2 aromatic rings. The van der Waals surface area contributed by atoms with Gasteiger partial charge in [-0.3, -0.25) is 0 Å². The molecule has 0 aromatic carbocycles. The van der Waals surface area contributed by atoms with Crippen LogP contribution in [0.3, 0.4) is 0 Å². The maximum absolute atomic E-state index is 5.11. The van der Waals surface area contributed by atoms with Gasteiger partial charge in [-0.2, -0.15) is 5.10 Å². The Morgan fingerprint density at radius 3 is 2.53 bits per heavy atom. The molecule has 2 aromatic heterocycles. The molecule has 3 heterocycles. The average Bonchev–Trinajstić information content (AvgIpc) is 3.26. The third-order valence-corrected chi connectivity index (χ3v) is 8.70. The van der Waals surface area contributed by atoms with Crippen molar-refractivity contribution in [1.29, 1.82) is 0 Å². The van der Waals surface area contributed by atoms with Gasteiger partial charge in [0.1, 0.15) is 6.33 Å². The highest BCUT2D eigenvalue weighted by molar-refractivity contribution is 5.94. The van der Waals surface area contributed by atoms with Crippen molar-refractivity contribution in [2.75, 3.05) is 19.6 Å². The molecule has 0 spiro atoms. The van der Waals surface area contributed by atoms with Crippen LogP contribution < -0.4 is 0 Å². The number of aliphatic imine (C=N–C) groups is 1. The minimum absolute atomic E-state index is 0.344. The average molecular weight is 407 g/mol. The van der Waals surface area contributed by atoms with E-state index < -0.39 is 0 Å². The molecular weight excluding hydrogens is 372 g/mol. The fourth-order valence-corrected chi connectivity index (χ4v) is 7.26. The molecule has 0 amide bonds. The molecule has 1 aliphatic heterocycles. The van der Waals surface area contributed by atoms with Crippen molar-refractivity contribution in [1.82, 2.24) is 24.6 Å². The molecule has 6 nitrogen and oxygen atoms in total. The first-order chi connectivity index (χ1) is 14.7. The van der Waals surface area contributed by atoms with E-state index in [4.69, 9.17) is 4.99 Å². The normalized spacial score (nSPS) is 34.2. The lowest BCUT2D eigenvalue weighted by atomic mass is 9.67. The molecule has 160 valence electrons. The van der Waals surface area contributed by atoms with Crippen LogP contribution in [0.4, 0.5) is 5.82 Å². The van der Waals surface area contributed by atoms with Gasteiger partial charge in [-0.25, -0.2) is 19.6 Å².